The molecule has 0 bridgehead atoms. The highest BCUT2D eigenvalue weighted by Crippen LogP contribution is 2.38. The monoisotopic (exact) mass is 300 g/mol. The smallest absolute Gasteiger partial charge is 0.268 e. The average Bonchev–Trinajstić information content (AvgIpc) is 2.77. The van der Waals surface area contributed by atoms with Crippen molar-refractivity contribution < 1.29 is 14.3 Å². The number of ether oxygens (including phenoxy) is 2. The van der Waals surface area contributed by atoms with E-state index in [1.807, 2.05) is 0 Å². The van der Waals surface area contributed by atoms with Gasteiger partial charge in [-0.3, -0.25) is 9.69 Å². The van der Waals surface area contributed by atoms with E-state index < -0.39 is 11.9 Å². The van der Waals surface area contributed by atoms with E-state index in [2.05, 4.69) is 4.98 Å². The molecule has 1 aromatic rings. The highest BCUT2D eigenvalue weighted by molar-refractivity contribution is 6.41. The molecule has 3 rings (SSSR count). The molecule has 0 radical (unpaired) electrons. The summed E-state index contributed by atoms with van der Waals surface area (Å²) in [5.74, 6) is -0.532. The van der Waals surface area contributed by atoms with Crippen molar-refractivity contribution in [2.75, 3.05) is 4.90 Å². The Labute approximate surface area is 119 Å². The van der Waals surface area contributed by atoms with Crippen LogP contribution in [0.15, 0.2) is 24.2 Å². The molecular weight excluding hydrogens is 291 g/mol. The minimum atomic E-state index is -0.784. The van der Waals surface area contributed by atoms with E-state index in [-0.39, 0.29) is 16.1 Å². The molecule has 0 aromatic carbocycles. The van der Waals surface area contributed by atoms with Crippen molar-refractivity contribution in [2.24, 2.45) is 0 Å². The van der Waals surface area contributed by atoms with Crippen molar-refractivity contribution in [1.82, 2.24) is 4.98 Å². The van der Waals surface area contributed by atoms with Crippen molar-refractivity contribution in [3.63, 3.8) is 0 Å². The van der Waals surface area contributed by atoms with E-state index in [9.17, 15) is 4.79 Å². The van der Waals surface area contributed by atoms with Crippen LogP contribution < -0.4 is 4.90 Å². The summed E-state index contributed by atoms with van der Waals surface area (Å²) in [6, 6.07) is 1.57. The topological polar surface area (TPSA) is 51.7 Å². The predicted molar refractivity (Wildman–Crippen MR) is 69.9 cm³/mol. The van der Waals surface area contributed by atoms with Crippen LogP contribution in [-0.4, -0.2) is 22.8 Å². The number of aromatic nitrogens is 1. The number of fused-ring (bicyclic) bond motifs is 1. The van der Waals surface area contributed by atoms with Gasteiger partial charge in [-0.1, -0.05) is 23.2 Å². The van der Waals surface area contributed by atoms with E-state index in [4.69, 9.17) is 32.7 Å². The number of carbonyl (C=O) groups is 1. The van der Waals surface area contributed by atoms with Crippen LogP contribution in [0.3, 0.4) is 0 Å². The maximum absolute atomic E-state index is 12.2. The molecule has 3 heterocycles. The van der Waals surface area contributed by atoms with Crippen LogP contribution >= 0.6 is 23.2 Å². The fourth-order valence-electron chi connectivity index (χ4n) is 2.03. The van der Waals surface area contributed by atoms with Crippen LogP contribution in [0.4, 0.5) is 5.69 Å². The Morgan fingerprint density at radius 1 is 1.42 bits per heavy atom. The summed E-state index contributed by atoms with van der Waals surface area (Å²) in [5, 5.41) is 0.475. The van der Waals surface area contributed by atoms with Crippen LogP contribution in [0, 0.1) is 0 Å². The van der Waals surface area contributed by atoms with Gasteiger partial charge in [0.1, 0.15) is 5.15 Å². The van der Waals surface area contributed by atoms with Gasteiger partial charge in [-0.25, -0.2) is 4.98 Å². The number of rotatable bonds is 1. The molecule has 0 unspecified atom stereocenters. The van der Waals surface area contributed by atoms with E-state index in [1.165, 1.54) is 11.1 Å². The first-order valence-corrected chi connectivity index (χ1v) is 6.36. The van der Waals surface area contributed by atoms with Crippen molar-refractivity contribution >= 4 is 34.8 Å². The van der Waals surface area contributed by atoms with Crippen molar-refractivity contribution in [1.29, 1.82) is 0 Å². The molecule has 0 N–H and O–H groups in total. The number of hydrogen-bond donors (Lipinski definition) is 0. The van der Waals surface area contributed by atoms with Crippen molar-refractivity contribution in [3.8, 4) is 0 Å². The fraction of sp³-hybridized carbons (Fsp3) is 0.333. The van der Waals surface area contributed by atoms with Crippen LogP contribution in [0.5, 0.6) is 0 Å². The molecule has 2 aliphatic heterocycles. The molecule has 2 aliphatic rings. The zero-order valence-corrected chi connectivity index (χ0v) is 11.7. The Kier molecular flexibility index (Phi) is 2.74. The predicted octanol–water partition coefficient (Wildman–Crippen LogP) is 2.73. The summed E-state index contributed by atoms with van der Waals surface area (Å²) < 4.78 is 11.1. The zero-order valence-electron chi connectivity index (χ0n) is 10.2. The second-order valence-corrected chi connectivity index (χ2v) is 5.47. The van der Waals surface area contributed by atoms with E-state index in [0.717, 1.165) is 0 Å². The van der Waals surface area contributed by atoms with Gasteiger partial charge in [0, 0.05) is 13.8 Å². The summed E-state index contributed by atoms with van der Waals surface area (Å²) in [5.41, 5.74) is 0.520. The molecule has 1 atom stereocenters. The summed E-state index contributed by atoms with van der Waals surface area (Å²) in [7, 11) is 0. The summed E-state index contributed by atoms with van der Waals surface area (Å²) in [6.45, 7) is 3.51. The maximum atomic E-state index is 12.2. The molecule has 1 aromatic heterocycles. The Morgan fingerprint density at radius 3 is 2.79 bits per heavy atom. The number of pyridine rings is 1. The molecule has 0 saturated carbocycles. The van der Waals surface area contributed by atoms with Crippen LogP contribution in [0.2, 0.25) is 10.2 Å². The van der Waals surface area contributed by atoms with Gasteiger partial charge in [0.25, 0.3) is 5.91 Å². The molecule has 100 valence electrons. The number of carbonyl (C=O) groups excluding carboxylic acids is 1. The molecule has 1 saturated heterocycles. The summed E-state index contributed by atoms with van der Waals surface area (Å²) in [6.07, 6.45) is 2.35. The number of hydrogen-bond acceptors (Lipinski definition) is 4. The van der Waals surface area contributed by atoms with Gasteiger partial charge < -0.3 is 9.47 Å². The molecular formula is C12H10Cl2N2O3. The van der Waals surface area contributed by atoms with Crippen LogP contribution in [0.1, 0.15) is 13.8 Å². The third-order valence-corrected chi connectivity index (χ3v) is 3.49. The van der Waals surface area contributed by atoms with Crippen molar-refractivity contribution in [3.05, 3.63) is 34.4 Å². The lowest BCUT2D eigenvalue weighted by Gasteiger charge is -2.20. The lowest BCUT2D eigenvalue weighted by atomic mass is 10.3. The van der Waals surface area contributed by atoms with E-state index in [1.54, 1.807) is 26.1 Å². The summed E-state index contributed by atoms with van der Waals surface area (Å²) in [4.78, 5) is 17.5. The average molecular weight is 301 g/mol. The second kappa shape index (κ2) is 4.10. The maximum Gasteiger partial charge on any atom is 0.268 e. The quantitative estimate of drug-likeness (QED) is 0.748. The van der Waals surface area contributed by atoms with E-state index >= 15 is 0 Å². The van der Waals surface area contributed by atoms with Crippen molar-refractivity contribution in [2.45, 2.75) is 25.7 Å². The molecule has 1 fully saturated rings. The minimum absolute atomic E-state index is 0.193. The molecule has 5 nitrogen and oxygen atoms in total. The Bertz CT molecular complexity index is 601. The van der Waals surface area contributed by atoms with Gasteiger partial charge in [-0.15, -0.1) is 0 Å². The second-order valence-electron chi connectivity index (χ2n) is 4.71. The highest BCUT2D eigenvalue weighted by atomic mass is 35.5. The lowest BCUT2D eigenvalue weighted by molar-refractivity contribution is -0.150. The first-order chi connectivity index (χ1) is 8.87. The van der Waals surface area contributed by atoms with Gasteiger partial charge in [0.15, 0.2) is 11.9 Å². The minimum Gasteiger partial charge on any atom is -0.462 e. The van der Waals surface area contributed by atoms with Gasteiger partial charge >= 0.3 is 0 Å². The molecule has 0 aliphatic carbocycles. The largest absolute Gasteiger partial charge is 0.462 e. The first-order valence-electron chi connectivity index (χ1n) is 5.60. The fourth-order valence-corrected chi connectivity index (χ4v) is 2.30. The van der Waals surface area contributed by atoms with Gasteiger partial charge in [-0.2, -0.15) is 0 Å². The standard InChI is InChI=1S/C12H10Cl2N2O3/c1-12(2)18-8-5-16(11(17)9(8)19-12)6-3-7(13)10(14)15-4-6/h3-5,9H,1-2H3/t9-/m1/s1. The third-order valence-electron chi connectivity index (χ3n) is 2.80. The van der Waals surface area contributed by atoms with Gasteiger partial charge in [0.2, 0.25) is 5.79 Å². The van der Waals surface area contributed by atoms with Crippen LogP contribution in [0.25, 0.3) is 0 Å². The first kappa shape index (κ1) is 12.7. The Morgan fingerprint density at radius 2 is 2.16 bits per heavy atom. The lowest BCUT2D eigenvalue weighted by Crippen LogP contribution is -2.33. The van der Waals surface area contributed by atoms with Gasteiger partial charge in [-0.05, 0) is 6.07 Å². The molecule has 7 heteroatoms. The summed E-state index contributed by atoms with van der Waals surface area (Å²) >= 11 is 11.6. The third kappa shape index (κ3) is 2.08. The number of anilines is 1. The molecule has 1 amide bonds. The number of amides is 1. The van der Waals surface area contributed by atoms with Crippen LogP contribution in [-0.2, 0) is 14.3 Å². The Balaban J connectivity index is 1.94. The SMILES string of the molecule is CC1(C)OC2=CN(c3cnc(Cl)c(Cl)c3)C(=O)[C@@H]2O1. The highest BCUT2D eigenvalue weighted by Gasteiger charge is 2.48. The van der Waals surface area contributed by atoms with Gasteiger partial charge in [0.05, 0.1) is 23.1 Å². The zero-order chi connectivity index (χ0) is 13.8. The normalized spacial score (nSPS) is 24.2. The van der Waals surface area contributed by atoms with E-state index in [0.29, 0.717) is 11.4 Å². The number of nitrogens with zero attached hydrogens (tertiary/aromatic N) is 2. The number of halogens is 2. The molecule has 0 spiro atoms. The molecule has 19 heavy (non-hydrogen) atoms. The Hall–Kier alpha value is -1.30.